The maximum absolute atomic E-state index is 12.4. The molecule has 1 unspecified atom stereocenters. The molecule has 1 aromatic carbocycles. The van der Waals surface area contributed by atoms with Crippen molar-refractivity contribution in [1.82, 2.24) is 9.55 Å². The Morgan fingerprint density at radius 3 is 2.67 bits per heavy atom. The standard InChI is InChI=1S/C16H20ClN3O/c1-11(2)10-20-9-8-18-15(16(20)21)19-12(3)13-6-4-5-7-14(13)17/h4-9,11-12H,10H2,1-3H3,(H,18,19). The minimum Gasteiger partial charge on any atom is -0.359 e. The molecule has 21 heavy (non-hydrogen) atoms. The molecule has 0 saturated heterocycles. The van der Waals surface area contributed by atoms with Crippen LogP contribution in [-0.2, 0) is 6.54 Å². The Labute approximate surface area is 129 Å². The maximum atomic E-state index is 12.4. The van der Waals surface area contributed by atoms with E-state index in [4.69, 9.17) is 11.6 Å². The van der Waals surface area contributed by atoms with E-state index in [1.807, 2.05) is 31.2 Å². The van der Waals surface area contributed by atoms with Gasteiger partial charge in [-0.1, -0.05) is 43.6 Å². The van der Waals surface area contributed by atoms with Crippen molar-refractivity contribution >= 4 is 17.4 Å². The number of benzene rings is 1. The first-order valence-electron chi connectivity index (χ1n) is 7.05. The predicted molar refractivity (Wildman–Crippen MR) is 86.8 cm³/mol. The van der Waals surface area contributed by atoms with Gasteiger partial charge in [0.2, 0.25) is 0 Å². The molecule has 0 aliphatic heterocycles. The molecule has 0 aliphatic rings. The summed E-state index contributed by atoms with van der Waals surface area (Å²) in [4.78, 5) is 16.5. The van der Waals surface area contributed by atoms with Crippen LogP contribution in [-0.4, -0.2) is 9.55 Å². The van der Waals surface area contributed by atoms with E-state index in [1.165, 1.54) is 0 Å². The second kappa shape index (κ2) is 6.76. The predicted octanol–water partition coefficient (Wildman–Crippen LogP) is 3.73. The van der Waals surface area contributed by atoms with Crippen LogP contribution < -0.4 is 10.9 Å². The van der Waals surface area contributed by atoms with Crippen LogP contribution in [0.25, 0.3) is 0 Å². The number of hydrogen-bond acceptors (Lipinski definition) is 3. The van der Waals surface area contributed by atoms with E-state index in [9.17, 15) is 4.79 Å². The molecule has 2 aromatic rings. The van der Waals surface area contributed by atoms with E-state index >= 15 is 0 Å². The molecule has 1 aromatic heterocycles. The van der Waals surface area contributed by atoms with E-state index < -0.39 is 0 Å². The Bertz CT molecular complexity index is 667. The molecule has 0 spiro atoms. The zero-order valence-corrected chi connectivity index (χ0v) is 13.3. The van der Waals surface area contributed by atoms with Crippen LogP contribution >= 0.6 is 11.6 Å². The summed E-state index contributed by atoms with van der Waals surface area (Å²) in [5.41, 5.74) is 0.838. The van der Waals surface area contributed by atoms with Crippen molar-refractivity contribution in [3.63, 3.8) is 0 Å². The van der Waals surface area contributed by atoms with Crippen molar-refractivity contribution in [2.45, 2.75) is 33.4 Å². The summed E-state index contributed by atoms with van der Waals surface area (Å²) < 4.78 is 1.68. The largest absolute Gasteiger partial charge is 0.359 e. The summed E-state index contributed by atoms with van der Waals surface area (Å²) in [7, 11) is 0. The van der Waals surface area contributed by atoms with Crippen molar-refractivity contribution < 1.29 is 0 Å². The number of aromatic nitrogens is 2. The highest BCUT2D eigenvalue weighted by Crippen LogP contribution is 2.24. The number of hydrogen-bond donors (Lipinski definition) is 1. The maximum Gasteiger partial charge on any atom is 0.293 e. The summed E-state index contributed by atoms with van der Waals surface area (Å²) in [6.45, 7) is 6.79. The Balaban J connectivity index is 2.24. The fourth-order valence-electron chi connectivity index (χ4n) is 2.19. The summed E-state index contributed by atoms with van der Waals surface area (Å²) in [6.07, 6.45) is 3.36. The van der Waals surface area contributed by atoms with E-state index in [0.29, 0.717) is 23.3 Å². The van der Waals surface area contributed by atoms with Gasteiger partial charge < -0.3 is 9.88 Å². The van der Waals surface area contributed by atoms with E-state index in [0.717, 1.165) is 5.56 Å². The van der Waals surface area contributed by atoms with Crippen LogP contribution in [0, 0.1) is 5.92 Å². The molecule has 1 heterocycles. The third-order valence-electron chi connectivity index (χ3n) is 3.20. The van der Waals surface area contributed by atoms with Crippen molar-refractivity contribution in [2.24, 2.45) is 5.92 Å². The van der Waals surface area contributed by atoms with E-state index in [2.05, 4.69) is 24.1 Å². The Kier molecular flexibility index (Phi) is 5.02. The zero-order valence-electron chi connectivity index (χ0n) is 12.5. The topological polar surface area (TPSA) is 46.9 Å². The fourth-order valence-corrected chi connectivity index (χ4v) is 2.49. The number of anilines is 1. The van der Waals surface area contributed by atoms with Crippen LogP contribution in [0.1, 0.15) is 32.4 Å². The van der Waals surface area contributed by atoms with Crippen LogP contribution in [0.3, 0.4) is 0 Å². The molecule has 4 nitrogen and oxygen atoms in total. The molecular formula is C16H20ClN3O. The van der Waals surface area contributed by atoms with Gasteiger partial charge in [0.1, 0.15) is 0 Å². The van der Waals surface area contributed by atoms with Gasteiger partial charge in [0.15, 0.2) is 5.82 Å². The summed E-state index contributed by atoms with van der Waals surface area (Å²) in [5.74, 6) is 0.754. The first kappa shape index (κ1) is 15.6. The number of rotatable bonds is 5. The lowest BCUT2D eigenvalue weighted by molar-refractivity contribution is 0.509. The van der Waals surface area contributed by atoms with Gasteiger partial charge in [0.25, 0.3) is 5.56 Å². The highest BCUT2D eigenvalue weighted by atomic mass is 35.5. The molecule has 0 saturated carbocycles. The molecule has 0 fully saturated rings. The Morgan fingerprint density at radius 1 is 1.29 bits per heavy atom. The lowest BCUT2D eigenvalue weighted by Gasteiger charge is -2.17. The Hall–Kier alpha value is -1.81. The SMILES string of the molecule is CC(C)Cn1ccnc(NC(C)c2ccccc2Cl)c1=O. The van der Waals surface area contributed by atoms with Gasteiger partial charge in [-0.3, -0.25) is 4.79 Å². The first-order chi connectivity index (χ1) is 9.99. The van der Waals surface area contributed by atoms with Gasteiger partial charge in [-0.25, -0.2) is 4.98 Å². The number of nitrogens with one attached hydrogen (secondary N) is 1. The van der Waals surface area contributed by atoms with Crippen LogP contribution in [0.15, 0.2) is 41.5 Å². The molecule has 0 radical (unpaired) electrons. The van der Waals surface area contributed by atoms with Gasteiger partial charge in [-0.05, 0) is 24.5 Å². The van der Waals surface area contributed by atoms with Crippen molar-refractivity contribution in [1.29, 1.82) is 0 Å². The van der Waals surface area contributed by atoms with Crippen LogP contribution in [0.2, 0.25) is 5.02 Å². The first-order valence-corrected chi connectivity index (χ1v) is 7.43. The normalized spacial score (nSPS) is 12.4. The molecule has 112 valence electrons. The molecule has 0 amide bonds. The lowest BCUT2D eigenvalue weighted by Crippen LogP contribution is -2.26. The van der Waals surface area contributed by atoms with Crippen LogP contribution in [0.4, 0.5) is 5.82 Å². The third-order valence-corrected chi connectivity index (χ3v) is 3.54. The molecular weight excluding hydrogens is 286 g/mol. The van der Waals surface area contributed by atoms with Gasteiger partial charge >= 0.3 is 0 Å². The van der Waals surface area contributed by atoms with E-state index in [-0.39, 0.29) is 11.6 Å². The summed E-state index contributed by atoms with van der Waals surface area (Å²) in [6, 6.07) is 7.50. The summed E-state index contributed by atoms with van der Waals surface area (Å²) >= 11 is 6.18. The molecule has 2 rings (SSSR count). The second-order valence-corrected chi connectivity index (χ2v) is 5.92. The second-order valence-electron chi connectivity index (χ2n) is 5.51. The van der Waals surface area contributed by atoms with Crippen LogP contribution in [0.5, 0.6) is 0 Å². The number of nitrogens with zero attached hydrogens (tertiary/aromatic N) is 2. The molecule has 0 aliphatic carbocycles. The number of halogens is 1. The van der Waals surface area contributed by atoms with Gasteiger partial charge in [0.05, 0.1) is 6.04 Å². The van der Waals surface area contributed by atoms with Gasteiger partial charge in [0, 0.05) is 24.0 Å². The average molecular weight is 306 g/mol. The zero-order chi connectivity index (χ0) is 15.4. The van der Waals surface area contributed by atoms with Crippen molar-refractivity contribution in [3.05, 3.63) is 57.6 Å². The monoisotopic (exact) mass is 305 g/mol. The minimum absolute atomic E-state index is 0.0891. The smallest absolute Gasteiger partial charge is 0.293 e. The average Bonchev–Trinajstić information content (AvgIpc) is 2.43. The minimum atomic E-state index is -0.106. The fraction of sp³-hybridized carbons (Fsp3) is 0.375. The van der Waals surface area contributed by atoms with E-state index in [1.54, 1.807) is 17.0 Å². The molecule has 0 bridgehead atoms. The van der Waals surface area contributed by atoms with Crippen molar-refractivity contribution in [2.75, 3.05) is 5.32 Å². The Morgan fingerprint density at radius 2 is 2.00 bits per heavy atom. The quantitative estimate of drug-likeness (QED) is 0.915. The molecule has 1 atom stereocenters. The summed E-state index contributed by atoms with van der Waals surface area (Å²) in [5, 5.41) is 3.83. The molecule has 1 N–H and O–H groups in total. The highest BCUT2D eigenvalue weighted by molar-refractivity contribution is 6.31. The lowest BCUT2D eigenvalue weighted by atomic mass is 10.1. The van der Waals surface area contributed by atoms with Crippen molar-refractivity contribution in [3.8, 4) is 0 Å². The molecule has 5 heteroatoms. The third kappa shape index (κ3) is 3.85. The van der Waals surface area contributed by atoms with Gasteiger partial charge in [-0.15, -0.1) is 0 Å². The van der Waals surface area contributed by atoms with Gasteiger partial charge in [-0.2, -0.15) is 0 Å². The highest BCUT2D eigenvalue weighted by Gasteiger charge is 2.12.